The van der Waals surface area contributed by atoms with E-state index in [2.05, 4.69) is 69.6 Å². The minimum Gasteiger partial charge on any atom is -0.361 e. The van der Waals surface area contributed by atoms with Gasteiger partial charge in [0.05, 0.1) is 12.0 Å². The van der Waals surface area contributed by atoms with Gasteiger partial charge in [0, 0.05) is 0 Å². The van der Waals surface area contributed by atoms with Crippen LogP contribution < -0.4 is 0 Å². The van der Waals surface area contributed by atoms with Crippen molar-refractivity contribution < 1.29 is 4.79 Å². The van der Waals surface area contributed by atoms with Gasteiger partial charge >= 0.3 is 0 Å². The van der Waals surface area contributed by atoms with Crippen LogP contribution in [0.25, 0.3) is 0 Å². The van der Waals surface area contributed by atoms with E-state index >= 15 is 0 Å². The Labute approximate surface area is 124 Å². The third kappa shape index (κ3) is 2.22. The average molecular weight is 289 g/mol. The van der Waals surface area contributed by atoms with Gasteiger partial charge in [-0.15, -0.1) is 0 Å². The molecule has 0 radical (unpaired) electrons. The summed E-state index contributed by atoms with van der Waals surface area (Å²) in [6.07, 6.45) is 0.934. The fourth-order valence-electron chi connectivity index (χ4n) is 2.96. The molecule has 1 aromatic carbocycles. The van der Waals surface area contributed by atoms with Gasteiger partial charge in [-0.3, -0.25) is 4.79 Å². The Hall–Kier alpha value is -1.09. The van der Waals surface area contributed by atoms with Crippen molar-refractivity contribution in [1.82, 2.24) is 4.57 Å². The van der Waals surface area contributed by atoms with Gasteiger partial charge in [0.1, 0.15) is 0 Å². The minimum absolute atomic E-state index is 0.173. The lowest BCUT2D eigenvalue weighted by Crippen LogP contribution is -2.68. The Bertz CT molecular complexity index is 489. The molecule has 3 heteroatoms. The molecule has 0 unspecified atom stereocenters. The number of β-lactam (4-membered cyclic amide) rings is 1. The second kappa shape index (κ2) is 5.03. The Morgan fingerprint density at radius 1 is 1.15 bits per heavy atom. The predicted octanol–water partition coefficient (Wildman–Crippen LogP) is 4.60. The first-order chi connectivity index (χ1) is 9.21. The Kier molecular flexibility index (Phi) is 3.85. The lowest BCUT2D eigenvalue weighted by molar-refractivity contribution is -0.148. The van der Waals surface area contributed by atoms with Crippen molar-refractivity contribution in [3.05, 3.63) is 35.9 Å². The summed E-state index contributed by atoms with van der Waals surface area (Å²) < 4.78 is 2.25. The van der Waals surface area contributed by atoms with Gasteiger partial charge < -0.3 is 4.57 Å². The topological polar surface area (TPSA) is 20.3 Å². The van der Waals surface area contributed by atoms with Crippen molar-refractivity contribution in [3.8, 4) is 0 Å². The van der Waals surface area contributed by atoms with Crippen LogP contribution in [-0.4, -0.2) is 18.7 Å². The van der Waals surface area contributed by atoms with Crippen LogP contribution in [0.4, 0.5) is 0 Å². The maximum absolute atomic E-state index is 12.6. The number of benzene rings is 1. The molecule has 1 aromatic rings. The van der Waals surface area contributed by atoms with E-state index in [-0.39, 0.29) is 17.0 Å². The SMILES string of the molecule is CC[C@H]1C(=O)N([Si](C)(C)C(C)(C)C)[C@@H]1c1ccccc1. The molecule has 0 bridgehead atoms. The van der Waals surface area contributed by atoms with Crippen LogP contribution in [-0.2, 0) is 4.79 Å². The summed E-state index contributed by atoms with van der Waals surface area (Å²) in [5, 5.41) is 0.189. The summed E-state index contributed by atoms with van der Waals surface area (Å²) in [4.78, 5) is 12.6. The summed E-state index contributed by atoms with van der Waals surface area (Å²) in [5.41, 5.74) is 1.30. The third-order valence-corrected chi connectivity index (χ3v) is 10.6. The molecule has 1 amide bonds. The number of rotatable bonds is 3. The molecule has 2 nitrogen and oxygen atoms in total. The van der Waals surface area contributed by atoms with Crippen molar-refractivity contribution in [3.63, 3.8) is 0 Å². The molecule has 1 heterocycles. The first-order valence-electron chi connectivity index (χ1n) is 7.60. The van der Waals surface area contributed by atoms with Crippen molar-refractivity contribution in [2.45, 2.75) is 58.3 Å². The number of hydrogen-bond acceptors (Lipinski definition) is 1. The second-order valence-electron chi connectivity index (χ2n) is 7.39. The van der Waals surface area contributed by atoms with E-state index in [1.165, 1.54) is 5.56 Å². The maximum Gasteiger partial charge on any atom is 0.220 e. The molecule has 0 spiro atoms. The van der Waals surface area contributed by atoms with E-state index in [1.54, 1.807) is 0 Å². The van der Waals surface area contributed by atoms with E-state index < -0.39 is 8.24 Å². The number of amides is 1. The quantitative estimate of drug-likeness (QED) is 0.588. The molecule has 0 aromatic heterocycles. The molecule has 0 aliphatic carbocycles. The first kappa shape index (κ1) is 15.3. The van der Waals surface area contributed by atoms with E-state index in [9.17, 15) is 4.79 Å². The molecule has 2 atom stereocenters. The fourth-order valence-corrected chi connectivity index (χ4v) is 5.43. The highest BCUT2D eigenvalue weighted by Crippen LogP contribution is 2.51. The van der Waals surface area contributed by atoms with E-state index in [0.717, 1.165) is 6.42 Å². The van der Waals surface area contributed by atoms with Crippen LogP contribution in [0.2, 0.25) is 18.1 Å². The molecule has 0 N–H and O–H groups in total. The molecule has 110 valence electrons. The van der Waals surface area contributed by atoms with Crippen molar-refractivity contribution >= 4 is 14.1 Å². The lowest BCUT2D eigenvalue weighted by Gasteiger charge is -2.58. The van der Waals surface area contributed by atoms with Crippen LogP contribution >= 0.6 is 0 Å². The molecule has 1 aliphatic rings. The fraction of sp³-hybridized carbons (Fsp3) is 0.588. The molecule has 1 saturated heterocycles. The van der Waals surface area contributed by atoms with E-state index in [1.807, 2.05) is 6.07 Å². The monoisotopic (exact) mass is 289 g/mol. The van der Waals surface area contributed by atoms with Crippen molar-refractivity contribution in [2.24, 2.45) is 5.92 Å². The smallest absolute Gasteiger partial charge is 0.220 e. The summed E-state index contributed by atoms with van der Waals surface area (Å²) in [6.45, 7) is 13.6. The third-order valence-electron chi connectivity index (χ3n) is 5.23. The van der Waals surface area contributed by atoms with Gasteiger partial charge in [-0.1, -0.05) is 71.1 Å². The Morgan fingerprint density at radius 3 is 2.15 bits per heavy atom. The Morgan fingerprint density at radius 2 is 1.70 bits per heavy atom. The molecule has 0 saturated carbocycles. The van der Waals surface area contributed by atoms with Crippen LogP contribution in [0.1, 0.15) is 45.7 Å². The highest BCUT2D eigenvalue weighted by molar-refractivity contribution is 6.80. The summed E-state index contributed by atoms with van der Waals surface area (Å²) >= 11 is 0. The predicted molar refractivity (Wildman–Crippen MR) is 87.0 cm³/mol. The van der Waals surface area contributed by atoms with Crippen LogP contribution in [0.3, 0.4) is 0 Å². The highest BCUT2D eigenvalue weighted by Gasteiger charge is 2.56. The van der Waals surface area contributed by atoms with Gasteiger partial charge in [-0.2, -0.15) is 0 Å². The molecular weight excluding hydrogens is 262 g/mol. The van der Waals surface area contributed by atoms with Gasteiger partial charge in [0.2, 0.25) is 5.91 Å². The summed E-state index contributed by atoms with van der Waals surface area (Å²) in [6, 6.07) is 10.8. The van der Waals surface area contributed by atoms with Gasteiger partial charge in [-0.25, -0.2) is 0 Å². The van der Waals surface area contributed by atoms with Crippen molar-refractivity contribution in [2.75, 3.05) is 0 Å². The van der Waals surface area contributed by atoms with Gasteiger partial charge in [0.15, 0.2) is 8.24 Å². The molecule has 1 aliphatic heterocycles. The molecule has 2 rings (SSSR count). The largest absolute Gasteiger partial charge is 0.361 e. The number of nitrogens with zero attached hydrogens (tertiary/aromatic N) is 1. The van der Waals surface area contributed by atoms with Crippen LogP contribution in [0.15, 0.2) is 30.3 Å². The number of hydrogen-bond donors (Lipinski definition) is 0. The van der Waals surface area contributed by atoms with E-state index in [0.29, 0.717) is 5.91 Å². The summed E-state index contributed by atoms with van der Waals surface area (Å²) in [5.74, 6) is 0.541. The van der Waals surface area contributed by atoms with Crippen molar-refractivity contribution in [1.29, 1.82) is 0 Å². The van der Waals surface area contributed by atoms with E-state index in [4.69, 9.17) is 0 Å². The first-order valence-corrected chi connectivity index (χ1v) is 10.5. The number of carbonyl (C=O) groups is 1. The average Bonchev–Trinajstić information content (AvgIpc) is 2.35. The van der Waals surface area contributed by atoms with Crippen LogP contribution in [0.5, 0.6) is 0 Å². The maximum atomic E-state index is 12.6. The van der Waals surface area contributed by atoms with Gasteiger partial charge in [-0.05, 0) is 17.0 Å². The molecule has 20 heavy (non-hydrogen) atoms. The zero-order valence-electron chi connectivity index (χ0n) is 13.6. The van der Waals surface area contributed by atoms with Crippen LogP contribution in [0, 0.1) is 5.92 Å². The summed E-state index contributed by atoms with van der Waals surface area (Å²) in [7, 11) is -1.80. The molecule has 1 fully saturated rings. The minimum atomic E-state index is -1.80. The zero-order chi connectivity index (χ0) is 15.1. The zero-order valence-corrected chi connectivity index (χ0v) is 14.6. The second-order valence-corrected chi connectivity index (χ2v) is 12.5. The number of carbonyl (C=O) groups excluding carboxylic acids is 1. The lowest BCUT2D eigenvalue weighted by atomic mass is 9.83. The normalized spacial score (nSPS) is 23.7. The Balaban J connectivity index is 2.40. The highest BCUT2D eigenvalue weighted by atomic mass is 28.3. The van der Waals surface area contributed by atoms with Gasteiger partial charge in [0.25, 0.3) is 0 Å². The molecular formula is C17H27NOSi. The standard InChI is InChI=1S/C17H27NOSi/c1-7-14-15(13-11-9-8-10-12-13)18(16(14)19)20(5,6)17(2,3)4/h8-12,14-15H,7H2,1-6H3/t14-,15-/m1/s1.